The Morgan fingerprint density at radius 2 is 2.05 bits per heavy atom. The summed E-state index contributed by atoms with van der Waals surface area (Å²) in [5.74, 6) is -1.05. The molecular weight excluding hydrogens is 280 g/mol. The number of nitrogens with zero attached hydrogens (tertiary/aromatic N) is 2. The Bertz CT molecular complexity index is 667. The summed E-state index contributed by atoms with van der Waals surface area (Å²) < 4.78 is 24.4. The number of hydrogen-bond donors (Lipinski definition) is 0. The number of rotatable bonds is 4. The standard InChI is InChI=1S/C13H18N2O4S/c1-4-14-6-5-11-10(3)13(9(2)7-12(11)14)20(18,19)8-15(16)17/h7H,4-6,8H2,1-3H3. The third-order valence-electron chi connectivity index (χ3n) is 3.75. The first kappa shape index (κ1) is 14.8. The summed E-state index contributed by atoms with van der Waals surface area (Å²) in [6, 6.07) is 1.84. The van der Waals surface area contributed by atoms with E-state index in [4.69, 9.17) is 0 Å². The number of hydrogen-bond acceptors (Lipinski definition) is 5. The lowest BCUT2D eigenvalue weighted by Gasteiger charge is -2.19. The summed E-state index contributed by atoms with van der Waals surface area (Å²) in [7, 11) is -3.88. The Kier molecular flexibility index (Phi) is 3.73. The highest BCUT2D eigenvalue weighted by molar-refractivity contribution is 7.91. The smallest absolute Gasteiger partial charge is 0.305 e. The van der Waals surface area contributed by atoms with Crippen molar-refractivity contribution in [1.82, 2.24) is 0 Å². The lowest BCUT2D eigenvalue weighted by atomic mass is 10.0. The van der Waals surface area contributed by atoms with E-state index < -0.39 is 20.6 Å². The molecule has 1 aliphatic heterocycles. The number of anilines is 1. The normalized spacial score (nSPS) is 14.4. The molecule has 20 heavy (non-hydrogen) atoms. The van der Waals surface area contributed by atoms with Crippen LogP contribution < -0.4 is 4.90 Å². The molecule has 0 fully saturated rings. The van der Waals surface area contributed by atoms with E-state index in [1.807, 2.05) is 6.07 Å². The Balaban J connectivity index is 2.61. The Morgan fingerprint density at radius 3 is 2.60 bits per heavy atom. The van der Waals surface area contributed by atoms with Crippen LogP contribution in [0.15, 0.2) is 11.0 Å². The number of nitro groups is 1. The predicted octanol–water partition coefficient (Wildman–Crippen LogP) is 1.69. The van der Waals surface area contributed by atoms with E-state index in [0.717, 1.165) is 30.8 Å². The highest BCUT2D eigenvalue weighted by atomic mass is 32.2. The molecule has 6 nitrogen and oxygen atoms in total. The first-order valence-corrected chi connectivity index (χ1v) is 8.15. The van der Waals surface area contributed by atoms with Gasteiger partial charge in [-0.1, -0.05) is 0 Å². The minimum absolute atomic E-state index is 0.130. The highest BCUT2D eigenvalue weighted by Crippen LogP contribution is 2.36. The lowest BCUT2D eigenvalue weighted by Crippen LogP contribution is -2.20. The molecule has 0 N–H and O–H groups in total. The van der Waals surface area contributed by atoms with Crippen molar-refractivity contribution in [1.29, 1.82) is 0 Å². The van der Waals surface area contributed by atoms with Gasteiger partial charge in [0.1, 0.15) is 0 Å². The van der Waals surface area contributed by atoms with Crippen molar-refractivity contribution < 1.29 is 13.3 Å². The third kappa shape index (κ3) is 2.37. The Morgan fingerprint density at radius 1 is 1.40 bits per heavy atom. The van der Waals surface area contributed by atoms with Gasteiger partial charge in [-0.3, -0.25) is 10.1 Å². The minimum atomic E-state index is -3.88. The van der Waals surface area contributed by atoms with Crippen molar-refractivity contribution in [2.45, 2.75) is 32.1 Å². The second-order valence-electron chi connectivity index (χ2n) is 5.05. The maximum atomic E-state index is 12.2. The summed E-state index contributed by atoms with van der Waals surface area (Å²) in [5.41, 5.74) is 3.31. The van der Waals surface area contributed by atoms with Gasteiger partial charge in [0.15, 0.2) is 0 Å². The summed E-state index contributed by atoms with van der Waals surface area (Å²) in [6.45, 7) is 7.24. The first-order chi connectivity index (χ1) is 9.27. The molecule has 0 aromatic heterocycles. The van der Waals surface area contributed by atoms with Gasteiger partial charge in [0.25, 0.3) is 0 Å². The Hall–Kier alpha value is -1.63. The molecule has 0 bridgehead atoms. The number of sulfone groups is 1. The monoisotopic (exact) mass is 298 g/mol. The van der Waals surface area contributed by atoms with Crippen LogP contribution in [0.4, 0.5) is 5.69 Å². The molecule has 7 heteroatoms. The Labute approximate surface area is 118 Å². The van der Waals surface area contributed by atoms with Gasteiger partial charge in [0.2, 0.25) is 9.84 Å². The minimum Gasteiger partial charge on any atom is -0.371 e. The zero-order valence-electron chi connectivity index (χ0n) is 11.8. The van der Waals surface area contributed by atoms with Gasteiger partial charge in [-0.25, -0.2) is 8.42 Å². The summed E-state index contributed by atoms with van der Waals surface area (Å²) >= 11 is 0. The van der Waals surface area contributed by atoms with Crippen molar-refractivity contribution in [3.05, 3.63) is 32.9 Å². The van der Waals surface area contributed by atoms with Crippen LogP contribution in [0.3, 0.4) is 0 Å². The van der Waals surface area contributed by atoms with Gasteiger partial charge in [0, 0.05) is 23.7 Å². The molecule has 0 saturated heterocycles. The van der Waals surface area contributed by atoms with Crippen LogP contribution in [-0.2, 0) is 16.3 Å². The molecule has 0 spiro atoms. The molecule has 0 unspecified atom stereocenters. The molecule has 0 saturated carbocycles. The average Bonchev–Trinajstić information content (AvgIpc) is 2.69. The molecular formula is C13H18N2O4S. The van der Waals surface area contributed by atoms with Crippen LogP contribution in [0.1, 0.15) is 23.6 Å². The molecule has 0 atom stereocenters. The van der Waals surface area contributed by atoms with E-state index in [-0.39, 0.29) is 4.90 Å². The molecule has 0 amide bonds. The highest BCUT2D eigenvalue weighted by Gasteiger charge is 2.30. The predicted molar refractivity (Wildman–Crippen MR) is 76.6 cm³/mol. The van der Waals surface area contributed by atoms with E-state index >= 15 is 0 Å². The lowest BCUT2D eigenvalue weighted by molar-refractivity contribution is -0.458. The van der Waals surface area contributed by atoms with Crippen LogP contribution in [0.25, 0.3) is 0 Å². The maximum Gasteiger partial charge on any atom is 0.305 e. The van der Waals surface area contributed by atoms with Crippen LogP contribution in [-0.4, -0.2) is 32.3 Å². The van der Waals surface area contributed by atoms with E-state index in [1.165, 1.54) is 0 Å². The number of benzene rings is 1. The largest absolute Gasteiger partial charge is 0.371 e. The van der Waals surface area contributed by atoms with E-state index in [2.05, 4.69) is 11.8 Å². The third-order valence-corrected chi connectivity index (χ3v) is 5.56. The number of aryl methyl sites for hydroxylation is 1. The van der Waals surface area contributed by atoms with Crippen molar-refractivity contribution in [3.8, 4) is 0 Å². The van der Waals surface area contributed by atoms with Gasteiger partial charge in [0.05, 0.1) is 4.90 Å². The number of likely N-dealkylation sites (N-methyl/N-ethyl adjacent to an activating group) is 1. The summed E-state index contributed by atoms with van der Waals surface area (Å²) in [6.07, 6.45) is 0.788. The van der Waals surface area contributed by atoms with Crippen LogP contribution in [0.2, 0.25) is 0 Å². The van der Waals surface area contributed by atoms with Crippen LogP contribution in [0, 0.1) is 24.0 Å². The number of fused-ring (bicyclic) bond motifs is 1. The quantitative estimate of drug-likeness (QED) is 0.624. The van der Waals surface area contributed by atoms with Crippen molar-refractivity contribution in [2.24, 2.45) is 0 Å². The molecule has 2 rings (SSSR count). The van der Waals surface area contributed by atoms with Gasteiger partial charge in [-0.05, 0) is 49.9 Å². The molecule has 0 radical (unpaired) electrons. The van der Waals surface area contributed by atoms with Gasteiger partial charge < -0.3 is 4.90 Å². The van der Waals surface area contributed by atoms with Crippen molar-refractivity contribution in [2.75, 3.05) is 23.9 Å². The van der Waals surface area contributed by atoms with Gasteiger partial charge >= 0.3 is 5.88 Å². The maximum absolute atomic E-state index is 12.2. The fraction of sp³-hybridized carbons (Fsp3) is 0.538. The van der Waals surface area contributed by atoms with Crippen LogP contribution in [0.5, 0.6) is 0 Å². The fourth-order valence-corrected chi connectivity index (χ4v) is 4.50. The zero-order valence-corrected chi connectivity index (χ0v) is 12.7. The van der Waals surface area contributed by atoms with Crippen LogP contribution >= 0.6 is 0 Å². The average molecular weight is 298 g/mol. The summed E-state index contributed by atoms with van der Waals surface area (Å²) in [5, 5.41) is 10.6. The van der Waals surface area contributed by atoms with Gasteiger partial charge in [-0.2, -0.15) is 0 Å². The first-order valence-electron chi connectivity index (χ1n) is 6.50. The molecule has 110 valence electrons. The second kappa shape index (κ2) is 5.05. The SMILES string of the molecule is CCN1CCc2c1cc(C)c(S(=O)(=O)C[N+](=O)[O-])c2C. The van der Waals surface area contributed by atoms with E-state index in [0.29, 0.717) is 11.1 Å². The fourth-order valence-electron chi connectivity index (χ4n) is 2.96. The zero-order chi connectivity index (χ0) is 15.1. The van der Waals surface area contributed by atoms with Crippen molar-refractivity contribution >= 4 is 15.5 Å². The topological polar surface area (TPSA) is 80.5 Å². The van der Waals surface area contributed by atoms with E-state index in [1.54, 1.807) is 13.8 Å². The molecule has 1 heterocycles. The second-order valence-corrected chi connectivity index (χ2v) is 6.95. The van der Waals surface area contributed by atoms with Gasteiger partial charge in [-0.15, -0.1) is 0 Å². The molecule has 1 aliphatic rings. The van der Waals surface area contributed by atoms with Crippen molar-refractivity contribution in [3.63, 3.8) is 0 Å². The van der Waals surface area contributed by atoms with E-state index in [9.17, 15) is 18.5 Å². The molecule has 0 aliphatic carbocycles. The summed E-state index contributed by atoms with van der Waals surface area (Å²) in [4.78, 5) is 12.1. The molecule has 1 aromatic carbocycles. The molecule has 1 aromatic rings.